The number of hydrogen-bond acceptors (Lipinski definition) is 3. The second-order valence-electron chi connectivity index (χ2n) is 5.08. The maximum atomic E-state index is 11.9. The van der Waals surface area contributed by atoms with Crippen LogP contribution in [0.1, 0.15) is 39.2 Å². The van der Waals surface area contributed by atoms with E-state index >= 15 is 0 Å². The van der Waals surface area contributed by atoms with E-state index in [-0.39, 0.29) is 6.54 Å². The Kier molecular flexibility index (Phi) is 6.37. The molecule has 0 aliphatic carbocycles. The quantitative estimate of drug-likeness (QED) is 0.700. The van der Waals surface area contributed by atoms with Gasteiger partial charge in [-0.15, -0.1) is 0 Å². The molecule has 0 aliphatic rings. The molecule has 0 bridgehead atoms. The summed E-state index contributed by atoms with van der Waals surface area (Å²) in [5, 5.41) is 15.2. The van der Waals surface area contributed by atoms with Gasteiger partial charge in [-0.25, -0.2) is 0 Å². The third kappa shape index (κ3) is 4.86. The predicted molar refractivity (Wildman–Crippen MR) is 83.0 cm³/mol. The van der Waals surface area contributed by atoms with Crippen LogP contribution in [0.3, 0.4) is 0 Å². The molecule has 21 heavy (non-hydrogen) atoms. The smallest absolute Gasteiger partial charge is 0.313 e. The van der Waals surface area contributed by atoms with Crippen LogP contribution in [0.4, 0.5) is 5.69 Å². The third-order valence-corrected chi connectivity index (χ3v) is 3.75. The van der Waals surface area contributed by atoms with Crippen molar-refractivity contribution in [3.05, 3.63) is 29.8 Å². The number of para-hydroxylation sites is 1. The zero-order chi connectivity index (χ0) is 15.9. The number of benzene rings is 1. The molecule has 1 aromatic carbocycles. The van der Waals surface area contributed by atoms with E-state index in [0.717, 1.165) is 12.0 Å². The van der Waals surface area contributed by atoms with E-state index in [4.69, 9.17) is 0 Å². The lowest BCUT2D eigenvalue weighted by atomic mass is 9.98. The molecule has 0 fully saturated rings. The highest BCUT2D eigenvalue weighted by molar-refractivity contribution is 6.39. The maximum absolute atomic E-state index is 11.9. The van der Waals surface area contributed by atoms with Gasteiger partial charge in [0, 0.05) is 12.2 Å². The van der Waals surface area contributed by atoms with Crippen molar-refractivity contribution in [2.75, 3.05) is 11.9 Å². The van der Waals surface area contributed by atoms with Crippen molar-refractivity contribution in [3.8, 4) is 0 Å². The molecular weight excluding hydrogens is 268 g/mol. The highest BCUT2D eigenvalue weighted by atomic mass is 16.3. The molecule has 0 aromatic heterocycles. The van der Waals surface area contributed by atoms with Crippen LogP contribution in [0.25, 0.3) is 0 Å². The Morgan fingerprint density at radius 2 is 1.71 bits per heavy atom. The summed E-state index contributed by atoms with van der Waals surface area (Å²) in [5.41, 5.74) is 0.649. The summed E-state index contributed by atoms with van der Waals surface area (Å²) in [7, 11) is 0. The average Bonchev–Trinajstić information content (AvgIpc) is 2.52. The number of aliphatic hydroxyl groups is 1. The highest BCUT2D eigenvalue weighted by Gasteiger charge is 2.24. The fourth-order valence-electron chi connectivity index (χ4n) is 1.95. The van der Waals surface area contributed by atoms with Gasteiger partial charge in [-0.3, -0.25) is 9.59 Å². The molecule has 3 N–H and O–H groups in total. The van der Waals surface area contributed by atoms with E-state index in [2.05, 4.69) is 10.6 Å². The first-order valence-corrected chi connectivity index (χ1v) is 7.35. The van der Waals surface area contributed by atoms with Gasteiger partial charge in [0.25, 0.3) is 0 Å². The summed E-state index contributed by atoms with van der Waals surface area (Å²) >= 11 is 0. The molecule has 0 unspecified atom stereocenters. The predicted octanol–water partition coefficient (Wildman–Crippen LogP) is 1.85. The van der Waals surface area contributed by atoms with Gasteiger partial charge in [0.15, 0.2) is 0 Å². The molecule has 0 heterocycles. The molecule has 0 atom stereocenters. The largest absolute Gasteiger partial charge is 0.388 e. The summed E-state index contributed by atoms with van der Waals surface area (Å²) in [6.07, 6.45) is 1.80. The van der Waals surface area contributed by atoms with Gasteiger partial charge in [0.05, 0.1) is 5.60 Å². The molecule has 0 spiro atoms. The normalized spacial score (nSPS) is 11.0. The van der Waals surface area contributed by atoms with Crippen LogP contribution in [0.2, 0.25) is 0 Å². The van der Waals surface area contributed by atoms with Crippen molar-refractivity contribution in [2.45, 2.75) is 45.6 Å². The monoisotopic (exact) mass is 292 g/mol. The van der Waals surface area contributed by atoms with Gasteiger partial charge < -0.3 is 15.7 Å². The van der Waals surface area contributed by atoms with Gasteiger partial charge in [-0.05, 0) is 30.9 Å². The number of nitrogens with one attached hydrogen (secondary N) is 2. The van der Waals surface area contributed by atoms with Crippen molar-refractivity contribution in [1.29, 1.82) is 0 Å². The van der Waals surface area contributed by atoms with E-state index < -0.39 is 17.4 Å². The van der Waals surface area contributed by atoms with E-state index in [9.17, 15) is 14.7 Å². The van der Waals surface area contributed by atoms with Gasteiger partial charge in [-0.2, -0.15) is 0 Å². The zero-order valence-corrected chi connectivity index (χ0v) is 12.9. The second kappa shape index (κ2) is 7.78. The van der Waals surface area contributed by atoms with Gasteiger partial charge >= 0.3 is 11.8 Å². The fraction of sp³-hybridized carbons (Fsp3) is 0.500. The van der Waals surface area contributed by atoms with Crippen LogP contribution >= 0.6 is 0 Å². The Morgan fingerprint density at radius 3 is 2.29 bits per heavy atom. The summed E-state index contributed by atoms with van der Waals surface area (Å²) in [6, 6.07) is 7.36. The molecule has 2 amide bonds. The van der Waals surface area contributed by atoms with Crippen LogP contribution in [0.15, 0.2) is 24.3 Å². The summed E-state index contributed by atoms with van der Waals surface area (Å²) < 4.78 is 0. The van der Waals surface area contributed by atoms with Crippen LogP contribution in [-0.4, -0.2) is 29.1 Å². The van der Waals surface area contributed by atoms with Crippen molar-refractivity contribution in [1.82, 2.24) is 5.32 Å². The average molecular weight is 292 g/mol. The number of carbonyl (C=O) groups is 2. The van der Waals surface area contributed by atoms with Gasteiger partial charge in [0.1, 0.15) is 0 Å². The lowest BCUT2D eigenvalue weighted by Gasteiger charge is -2.25. The third-order valence-electron chi connectivity index (χ3n) is 3.75. The van der Waals surface area contributed by atoms with Crippen molar-refractivity contribution < 1.29 is 14.7 Å². The lowest BCUT2D eigenvalue weighted by molar-refractivity contribution is -0.136. The molecule has 0 saturated heterocycles. The first kappa shape index (κ1) is 17.2. The molecule has 5 nitrogen and oxygen atoms in total. The lowest BCUT2D eigenvalue weighted by Crippen LogP contribution is -2.45. The molecule has 1 aromatic rings. The first-order valence-electron chi connectivity index (χ1n) is 7.35. The first-order chi connectivity index (χ1) is 9.95. The Morgan fingerprint density at radius 1 is 1.10 bits per heavy atom. The highest BCUT2D eigenvalue weighted by Crippen LogP contribution is 2.15. The molecule has 0 saturated carbocycles. The van der Waals surface area contributed by atoms with Crippen LogP contribution in [0, 0.1) is 0 Å². The minimum absolute atomic E-state index is 0.0711. The van der Waals surface area contributed by atoms with Crippen molar-refractivity contribution in [3.63, 3.8) is 0 Å². The Balaban J connectivity index is 2.61. The number of rotatable bonds is 6. The van der Waals surface area contributed by atoms with E-state index in [1.54, 1.807) is 12.1 Å². The zero-order valence-electron chi connectivity index (χ0n) is 12.9. The van der Waals surface area contributed by atoms with Crippen LogP contribution in [-0.2, 0) is 16.0 Å². The molecule has 1 rings (SSSR count). The van der Waals surface area contributed by atoms with E-state index in [1.807, 2.05) is 32.9 Å². The standard InChI is InChI=1S/C16H24N2O3/c1-4-12-9-7-8-10-13(12)18-15(20)14(19)17-11-16(21,5-2)6-3/h7-10,21H,4-6,11H2,1-3H3,(H,17,19)(H,18,20). The number of carbonyl (C=O) groups excluding carboxylic acids is 2. The second-order valence-corrected chi connectivity index (χ2v) is 5.08. The summed E-state index contributed by atoms with van der Waals surface area (Å²) in [6.45, 7) is 5.73. The van der Waals surface area contributed by atoms with E-state index in [1.165, 1.54) is 0 Å². The Labute approximate surface area is 125 Å². The number of hydrogen-bond donors (Lipinski definition) is 3. The Hall–Kier alpha value is -1.88. The molecular formula is C16H24N2O3. The molecule has 0 aliphatic heterocycles. The minimum atomic E-state index is -0.961. The maximum Gasteiger partial charge on any atom is 0.313 e. The number of aryl methyl sites for hydroxylation is 1. The molecule has 116 valence electrons. The van der Waals surface area contributed by atoms with Crippen molar-refractivity contribution in [2.24, 2.45) is 0 Å². The fourth-order valence-corrected chi connectivity index (χ4v) is 1.95. The Bertz CT molecular complexity index is 496. The SMILES string of the molecule is CCc1ccccc1NC(=O)C(=O)NCC(O)(CC)CC. The van der Waals surface area contributed by atoms with Crippen LogP contribution in [0.5, 0.6) is 0 Å². The van der Waals surface area contributed by atoms with Crippen LogP contribution < -0.4 is 10.6 Å². The van der Waals surface area contributed by atoms with Gasteiger partial charge in [0.2, 0.25) is 0 Å². The molecule has 5 heteroatoms. The minimum Gasteiger partial charge on any atom is -0.388 e. The van der Waals surface area contributed by atoms with Gasteiger partial charge in [-0.1, -0.05) is 39.0 Å². The number of amides is 2. The molecule has 0 radical (unpaired) electrons. The topological polar surface area (TPSA) is 78.4 Å². The van der Waals surface area contributed by atoms with Crippen molar-refractivity contribution >= 4 is 17.5 Å². The summed E-state index contributed by atoms with van der Waals surface area (Å²) in [4.78, 5) is 23.7. The number of anilines is 1. The summed E-state index contributed by atoms with van der Waals surface area (Å²) in [5.74, 6) is -1.45. The van der Waals surface area contributed by atoms with E-state index in [0.29, 0.717) is 18.5 Å².